The summed E-state index contributed by atoms with van der Waals surface area (Å²) in [6.45, 7) is 7.17. The number of nitrogens with zero attached hydrogens (tertiary/aromatic N) is 1. The lowest BCUT2D eigenvalue weighted by atomic mass is 10.0. The van der Waals surface area contributed by atoms with Gasteiger partial charge in [0.2, 0.25) is 0 Å². The van der Waals surface area contributed by atoms with E-state index in [0.717, 1.165) is 13.0 Å². The number of likely N-dealkylation sites (N-methyl/N-ethyl adjacent to an activating group) is 1. The first-order chi connectivity index (χ1) is 11.9. The lowest BCUT2D eigenvalue weighted by Gasteiger charge is -2.29. The van der Waals surface area contributed by atoms with Gasteiger partial charge in [-0.15, -0.1) is 0 Å². The molecule has 1 atom stereocenters. The highest BCUT2D eigenvalue weighted by Crippen LogP contribution is 2.16. The molecule has 1 aliphatic heterocycles. The van der Waals surface area contributed by atoms with Crippen molar-refractivity contribution in [2.45, 2.75) is 39.8 Å². The maximum atomic E-state index is 12.2. The molecule has 0 aliphatic carbocycles. The summed E-state index contributed by atoms with van der Waals surface area (Å²) in [6, 6.07) is 7.80. The van der Waals surface area contributed by atoms with E-state index < -0.39 is 5.97 Å². The normalized spacial score (nSPS) is 17.3. The van der Waals surface area contributed by atoms with Crippen molar-refractivity contribution in [3.63, 3.8) is 0 Å². The van der Waals surface area contributed by atoms with Gasteiger partial charge in [-0.3, -0.25) is 4.90 Å². The zero-order valence-corrected chi connectivity index (χ0v) is 15.4. The van der Waals surface area contributed by atoms with Gasteiger partial charge in [-0.1, -0.05) is 31.2 Å². The molecule has 1 aromatic rings. The maximum Gasteiger partial charge on any atom is 0.337 e. The summed E-state index contributed by atoms with van der Waals surface area (Å²) in [7, 11) is 1.96. The number of urea groups is 1. The van der Waals surface area contributed by atoms with Gasteiger partial charge in [0.1, 0.15) is 0 Å². The van der Waals surface area contributed by atoms with E-state index in [1.807, 2.05) is 7.05 Å². The molecule has 0 saturated carbocycles. The molecule has 2 N–H and O–H groups in total. The monoisotopic (exact) mass is 345 g/mol. The van der Waals surface area contributed by atoms with Crippen molar-refractivity contribution in [2.75, 3.05) is 20.2 Å². The van der Waals surface area contributed by atoms with Crippen LogP contribution in [0.1, 0.15) is 31.9 Å². The molecule has 1 unspecified atom stereocenters. The van der Waals surface area contributed by atoms with E-state index in [9.17, 15) is 9.59 Å². The Labute approximate surface area is 149 Å². The predicted molar refractivity (Wildman–Crippen MR) is 96.9 cm³/mol. The highest BCUT2D eigenvalue weighted by molar-refractivity contribution is 5.94. The summed E-state index contributed by atoms with van der Waals surface area (Å²) in [5.41, 5.74) is 3.57. The molecule has 2 rings (SSSR count). The Hall–Kier alpha value is -2.34. The van der Waals surface area contributed by atoms with Crippen LogP contribution in [-0.4, -0.2) is 43.1 Å². The molecule has 6 nitrogen and oxygen atoms in total. The number of hydrogen-bond donors (Lipinski definition) is 2. The zero-order chi connectivity index (χ0) is 18.4. The number of esters is 1. The Kier molecular flexibility index (Phi) is 6.58. The zero-order valence-electron chi connectivity index (χ0n) is 15.4. The van der Waals surface area contributed by atoms with Crippen LogP contribution in [-0.2, 0) is 22.5 Å². The van der Waals surface area contributed by atoms with Crippen molar-refractivity contribution in [1.82, 2.24) is 15.5 Å². The highest BCUT2D eigenvalue weighted by Gasteiger charge is 2.30. The van der Waals surface area contributed by atoms with Gasteiger partial charge in [-0.2, -0.15) is 0 Å². The van der Waals surface area contributed by atoms with Crippen LogP contribution in [0, 0.1) is 0 Å². The third-order valence-corrected chi connectivity index (χ3v) is 4.18. The lowest BCUT2D eigenvalue weighted by Crippen LogP contribution is -2.51. The standard InChI is InChI=1S/C19H27N3O3/c1-5-14-7-9-15(10-8-14)11-22(4)12-16-17(18(23)25-6-2)13(3)20-19(24)21-16/h7-10,13H,5-6,11-12H2,1-4H3,(H2,20,21,24). The number of amides is 2. The summed E-state index contributed by atoms with van der Waals surface area (Å²) in [5.74, 6) is -0.391. The molecule has 0 radical (unpaired) electrons. The third kappa shape index (κ3) is 5.06. The molecule has 0 bridgehead atoms. The Morgan fingerprint density at radius 2 is 1.80 bits per heavy atom. The first-order valence-electron chi connectivity index (χ1n) is 8.68. The van der Waals surface area contributed by atoms with Crippen LogP contribution in [0.15, 0.2) is 35.5 Å². The van der Waals surface area contributed by atoms with E-state index in [1.54, 1.807) is 13.8 Å². The van der Waals surface area contributed by atoms with Crippen molar-refractivity contribution in [3.8, 4) is 0 Å². The molecule has 0 spiro atoms. The minimum atomic E-state index is -0.391. The van der Waals surface area contributed by atoms with Gasteiger partial charge in [-0.05, 0) is 38.4 Å². The second kappa shape index (κ2) is 8.67. The van der Waals surface area contributed by atoms with Crippen molar-refractivity contribution < 1.29 is 14.3 Å². The van der Waals surface area contributed by atoms with Crippen molar-refractivity contribution in [1.29, 1.82) is 0 Å². The molecule has 0 fully saturated rings. The summed E-state index contributed by atoms with van der Waals surface area (Å²) in [6.07, 6.45) is 1.02. The molecule has 1 aliphatic rings. The first kappa shape index (κ1) is 19.0. The summed E-state index contributed by atoms with van der Waals surface area (Å²) in [5, 5.41) is 5.47. The Bertz CT molecular complexity index is 652. The molecule has 0 saturated heterocycles. The second-order valence-corrected chi connectivity index (χ2v) is 6.28. The van der Waals surface area contributed by atoms with E-state index in [4.69, 9.17) is 4.74 Å². The molecular weight excluding hydrogens is 318 g/mol. The fraction of sp³-hybridized carbons (Fsp3) is 0.474. The number of aryl methyl sites for hydroxylation is 1. The number of ether oxygens (including phenoxy) is 1. The van der Waals surface area contributed by atoms with Crippen molar-refractivity contribution in [2.24, 2.45) is 0 Å². The summed E-state index contributed by atoms with van der Waals surface area (Å²) in [4.78, 5) is 26.1. The molecule has 136 valence electrons. The van der Waals surface area contributed by atoms with E-state index in [0.29, 0.717) is 24.4 Å². The van der Waals surface area contributed by atoms with Gasteiger partial charge in [0.05, 0.1) is 18.2 Å². The number of nitrogens with one attached hydrogen (secondary N) is 2. The average molecular weight is 345 g/mol. The van der Waals surface area contributed by atoms with Gasteiger partial charge in [0.15, 0.2) is 0 Å². The lowest BCUT2D eigenvalue weighted by molar-refractivity contribution is -0.139. The van der Waals surface area contributed by atoms with E-state index in [1.165, 1.54) is 11.1 Å². The van der Waals surface area contributed by atoms with Crippen LogP contribution in [0.2, 0.25) is 0 Å². The van der Waals surface area contributed by atoms with Crippen LogP contribution in [0.25, 0.3) is 0 Å². The fourth-order valence-corrected chi connectivity index (χ4v) is 2.92. The SMILES string of the molecule is CCOC(=O)C1=C(CN(C)Cc2ccc(CC)cc2)NC(=O)NC1C. The van der Waals surface area contributed by atoms with Gasteiger partial charge < -0.3 is 15.4 Å². The fourth-order valence-electron chi connectivity index (χ4n) is 2.92. The number of benzene rings is 1. The van der Waals surface area contributed by atoms with Crippen molar-refractivity contribution >= 4 is 12.0 Å². The quantitative estimate of drug-likeness (QED) is 0.743. The van der Waals surface area contributed by atoms with Gasteiger partial charge >= 0.3 is 12.0 Å². The Morgan fingerprint density at radius 3 is 2.40 bits per heavy atom. The van der Waals surface area contributed by atoms with Gasteiger partial charge in [0, 0.05) is 18.8 Å². The average Bonchev–Trinajstić information content (AvgIpc) is 2.55. The summed E-state index contributed by atoms with van der Waals surface area (Å²) >= 11 is 0. The third-order valence-electron chi connectivity index (χ3n) is 4.18. The first-order valence-corrected chi connectivity index (χ1v) is 8.68. The second-order valence-electron chi connectivity index (χ2n) is 6.28. The van der Waals surface area contributed by atoms with Crippen molar-refractivity contribution in [3.05, 3.63) is 46.7 Å². The smallest absolute Gasteiger partial charge is 0.337 e. The molecular formula is C19H27N3O3. The molecule has 1 heterocycles. The van der Waals surface area contributed by atoms with Crippen LogP contribution >= 0.6 is 0 Å². The number of rotatable bonds is 7. The highest BCUT2D eigenvalue weighted by atomic mass is 16.5. The van der Waals surface area contributed by atoms with Crippen LogP contribution in [0.5, 0.6) is 0 Å². The topological polar surface area (TPSA) is 70.7 Å². The number of hydrogen-bond acceptors (Lipinski definition) is 4. The number of carbonyl (C=O) groups is 2. The van der Waals surface area contributed by atoms with Gasteiger partial charge in [-0.25, -0.2) is 9.59 Å². The Morgan fingerprint density at radius 1 is 1.16 bits per heavy atom. The Balaban J connectivity index is 2.13. The van der Waals surface area contributed by atoms with Crippen LogP contribution in [0.4, 0.5) is 4.79 Å². The van der Waals surface area contributed by atoms with E-state index in [-0.39, 0.29) is 12.1 Å². The van der Waals surface area contributed by atoms with E-state index in [2.05, 4.69) is 46.7 Å². The largest absolute Gasteiger partial charge is 0.463 e. The van der Waals surface area contributed by atoms with E-state index >= 15 is 0 Å². The molecule has 25 heavy (non-hydrogen) atoms. The molecule has 2 amide bonds. The summed E-state index contributed by atoms with van der Waals surface area (Å²) < 4.78 is 5.14. The minimum absolute atomic E-state index is 0.295. The molecule has 0 aromatic heterocycles. The van der Waals surface area contributed by atoms with Gasteiger partial charge in [0.25, 0.3) is 0 Å². The molecule has 6 heteroatoms. The predicted octanol–water partition coefficient (Wildman–Crippen LogP) is 2.20. The minimum Gasteiger partial charge on any atom is -0.463 e. The van der Waals surface area contributed by atoms with Crippen LogP contribution in [0.3, 0.4) is 0 Å². The molecule has 1 aromatic carbocycles. The van der Waals surface area contributed by atoms with Crippen LogP contribution < -0.4 is 10.6 Å². The maximum absolute atomic E-state index is 12.2. The number of carbonyl (C=O) groups excluding carboxylic acids is 2.